The Labute approximate surface area is 154 Å². The van der Waals surface area contributed by atoms with E-state index in [1.807, 2.05) is 18.2 Å². The lowest BCUT2D eigenvalue weighted by Crippen LogP contribution is -2.28. The average molecular weight is 369 g/mol. The van der Waals surface area contributed by atoms with E-state index in [1.54, 1.807) is 18.2 Å². The van der Waals surface area contributed by atoms with E-state index in [4.69, 9.17) is 4.74 Å². The second-order valence-electron chi connectivity index (χ2n) is 5.30. The highest BCUT2D eigenvalue weighted by molar-refractivity contribution is 8.04. The summed E-state index contributed by atoms with van der Waals surface area (Å²) in [6.07, 6.45) is 0.888. The van der Waals surface area contributed by atoms with E-state index in [1.165, 1.54) is 49.2 Å². The smallest absolute Gasteiger partial charge is 0.418 e. The monoisotopic (exact) mass is 369 g/mol. The molecule has 0 aromatic heterocycles. The van der Waals surface area contributed by atoms with E-state index in [0.29, 0.717) is 21.7 Å². The minimum atomic E-state index is -0.580. The minimum Gasteiger partial charge on any atom is -0.465 e. The van der Waals surface area contributed by atoms with Gasteiger partial charge in [-0.05, 0) is 24.3 Å². The largest absolute Gasteiger partial charge is 0.465 e. The van der Waals surface area contributed by atoms with Gasteiger partial charge in [0.05, 0.1) is 30.4 Å². The molecule has 1 aliphatic heterocycles. The molecule has 3 rings (SSSR count). The number of ketones is 1. The molecule has 0 N–H and O–H groups in total. The molecule has 1 amide bonds. The number of para-hydroxylation sites is 1. The van der Waals surface area contributed by atoms with Gasteiger partial charge in [-0.25, -0.2) is 9.59 Å². The molecular weight excluding hydrogens is 354 g/mol. The van der Waals surface area contributed by atoms with Crippen LogP contribution in [0.25, 0.3) is 0 Å². The molecule has 0 bridgehead atoms. The van der Waals surface area contributed by atoms with Gasteiger partial charge in [0.15, 0.2) is 0 Å². The highest BCUT2D eigenvalue weighted by atomic mass is 32.2. The summed E-state index contributed by atoms with van der Waals surface area (Å²) in [6, 6.07) is 13.4. The standard InChI is InChI=1S/C19H15NO5S/c1-24-18(22)13-9-7-12(8-10-13)17(21)16-11-20(19(23)25-2)14-5-3-4-6-15(14)26-16/h3-11H,1-2H3. The maximum Gasteiger partial charge on any atom is 0.418 e. The van der Waals surface area contributed by atoms with Crippen molar-refractivity contribution in [1.29, 1.82) is 0 Å². The van der Waals surface area contributed by atoms with Crippen molar-refractivity contribution < 1.29 is 23.9 Å². The number of benzene rings is 2. The number of hydrogen-bond acceptors (Lipinski definition) is 6. The number of carbonyl (C=O) groups excluding carboxylic acids is 3. The van der Waals surface area contributed by atoms with E-state index in [9.17, 15) is 14.4 Å². The SMILES string of the molecule is COC(=O)c1ccc(C(=O)C2=CN(C(=O)OC)c3ccccc3S2)cc1. The number of nitrogens with zero attached hydrogens (tertiary/aromatic N) is 1. The van der Waals surface area contributed by atoms with Gasteiger partial charge in [-0.1, -0.05) is 36.0 Å². The molecule has 0 aliphatic carbocycles. The van der Waals surface area contributed by atoms with Gasteiger partial charge in [0.1, 0.15) is 0 Å². The van der Waals surface area contributed by atoms with E-state index in [2.05, 4.69) is 4.74 Å². The number of Topliss-reactive ketones (excluding diaryl/α,β-unsaturated/α-hetero) is 1. The second kappa shape index (κ2) is 7.45. The highest BCUT2D eigenvalue weighted by Gasteiger charge is 2.27. The molecule has 0 atom stereocenters. The molecular formula is C19H15NO5S. The zero-order chi connectivity index (χ0) is 18.7. The van der Waals surface area contributed by atoms with Crippen molar-refractivity contribution in [1.82, 2.24) is 0 Å². The number of rotatable bonds is 3. The fourth-order valence-electron chi connectivity index (χ4n) is 2.45. The van der Waals surface area contributed by atoms with Crippen LogP contribution in [-0.4, -0.2) is 32.1 Å². The van der Waals surface area contributed by atoms with Crippen LogP contribution in [0.5, 0.6) is 0 Å². The molecule has 0 saturated heterocycles. The van der Waals surface area contributed by atoms with Gasteiger partial charge in [0.25, 0.3) is 0 Å². The predicted molar refractivity (Wildman–Crippen MR) is 97.4 cm³/mol. The van der Waals surface area contributed by atoms with Crippen LogP contribution in [0.4, 0.5) is 10.5 Å². The van der Waals surface area contributed by atoms with Gasteiger partial charge in [-0.3, -0.25) is 9.69 Å². The number of amides is 1. The summed E-state index contributed by atoms with van der Waals surface area (Å²) in [4.78, 5) is 38.9. The lowest BCUT2D eigenvalue weighted by atomic mass is 10.1. The van der Waals surface area contributed by atoms with Gasteiger partial charge >= 0.3 is 12.1 Å². The van der Waals surface area contributed by atoms with Gasteiger partial charge in [-0.2, -0.15) is 0 Å². The number of esters is 1. The van der Waals surface area contributed by atoms with E-state index < -0.39 is 12.1 Å². The molecule has 0 unspecified atom stereocenters. The van der Waals surface area contributed by atoms with Crippen LogP contribution in [0, 0.1) is 0 Å². The Kier molecular flexibility index (Phi) is 5.09. The molecule has 1 heterocycles. The van der Waals surface area contributed by atoms with Crippen LogP contribution in [-0.2, 0) is 9.47 Å². The molecule has 0 saturated carbocycles. The quantitative estimate of drug-likeness (QED) is 0.604. The van der Waals surface area contributed by atoms with Crippen molar-refractivity contribution in [2.24, 2.45) is 0 Å². The summed E-state index contributed by atoms with van der Waals surface area (Å²) in [6.45, 7) is 0. The van der Waals surface area contributed by atoms with Gasteiger partial charge < -0.3 is 9.47 Å². The maximum atomic E-state index is 12.8. The van der Waals surface area contributed by atoms with Gasteiger partial charge in [-0.15, -0.1) is 0 Å². The fraction of sp³-hybridized carbons (Fsp3) is 0.105. The first-order valence-corrected chi connectivity index (χ1v) is 8.45. The van der Waals surface area contributed by atoms with E-state index >= 15 is 0 Å². The summed E-state index contributed by atoms with van der Waals surface area (Å²) < 4.78 is 9.45. The number of allylic oxidation sites excluding steroid dienone is 1. The summed E-state index contributed by atoms with van der Waals surface area (Å²) >= 11 is 1.28. The lowest BCUT2D eigenvalue weighted by molar-refractivity contribution is 0.0600. The van der Waals surface area contributed by atoms with Crippen LogP contribution in [0.3, 0.4) is 0 Å². The number of methoxy groups -OCH3 is 2. The third-order valence-electron chi connectivity index (χ3n) is 3.75. The van der Waals surface area contributed by atoms with Crippen molar-refractivity contribution in [2.75, 3.05) is 19.1 Å². The summed E-state index contributed by atoms with van der Waals surface area (Å²) in [5, 5.41) is 0. The molecule has 0 fully saturated rings. The number of hydrogen-bond donors (Lipinski definition) is 0. The van der Waals surface area contributed by atoms with Crippen molar-refractivity contribution in [3.8, 4) is 0 Å². The summed E-state index contributed by atoms with van der Waals surface area (Å²) in [5.41, 5.74) is 1.42. The normalized spacial score (nSPS) is 12.7. The Hall–Kier alpha value is -3.06. The van der Waals surface area contributed by atoms with E-state index in [-0.39, 0.29) is 5.78 Å². The average Bonchev–Trinajstić information content (AvgIpc) is 2.71. The summed E-state index contributed by atoms with van der Waals surface area (Å²) in [5.74, 6) is -0.726. The van der Waals surface area contributed by atoms with Crippen molar-refractivity contribution in [3.05, 3.63) is 70.8 Å². The number of carbonyl (C=O) groups is 3. The van der Waals surface area contributed by atoms with E-state index in [0.717, 1.165) is 4.90 Å². The molecule has 2 aromatic rings. The Morgan fingerprint density at radius 1 is 0.885 bits per heavy atom. The minimum absolute atomic E-state index is 0.255. The Balaban J connectivity index is 1.93. The van der Waals surface area contributed by atoms with Crippen molar-refractivity contribution in [3.63, 3.8) is 0 Å². The van der Waals surface area contributed by atoms with Crippen molar-refractivity contribution in [2.45, 2.75) is 4.90 Å². The molecule has 0 spiro atoms. The van der Waals surface area contributed by atoms with Crippen LogP contribution in [0.2, 0.25) is 0 Å². The number of ether oxygens (including phenoxy) is 2. The number of thioether (sulfide) groups is 1. The molecule has 2 aromatic carbocycles. The zero-order valence-corrected chi connectivity index (χ0v) is 14.9. The molecule has 7 heteroatoms. The molecule has 1 aliphatic rings. The third kappa shape index (κ3) is 3.34. The van der Waals surface area contributed by atoms with Crippen LogP contribution in [0.15, 0.2) is 64.5 Å². The number of anilines is 1. The van der Waals surface area contributed by atoms with Crippen LogP contribution < -0.4 is 4.90 Å². The van der Waals surface area contributed by atoms with Gasteiger partial charge in [0.2, 0.25) is 5.78 Å². The first-order chi connectivity index (χ1) is 12.5. The zero-order valence-electron chi connectivity index (χ0n) is 14.1. The fourth-order valence-corrected chi connectivity index (χ4v) is 3.47. The Morgan fingerprint density at radius 2 is 1.54 bits per heavy atom. The first kappa shape index (κ1) is 17.8. The van der Waals surface area contributed by atoms with Crippen LogP contribution >= 0.6 is 11.8 Å². The maximum absolute atomic E-state index is 12.8. The molecule has 132 valence electrons. The number of fused-ring (bicyclic) bond motifs is 1. The molecule has 6 nitrogen and oxygen atoms in total. The second-order valence-corrected chi connectivity index (χ2v) is 6.39. The van der Waals surface area contributed by atoms with Crippen molar-refractivity contribution >= 4 is 35.3 Å². The first-order valence-electron chi connectivity index (χ1n) is 7.64. The summed E-state index contributed by atoms with van der Waals surface area (Å²) in [7, 11) is 2.58. The van der Waals surface area contributed by atoms with Gasteiger partial charge in [0, 0.05) is 16.7 Å². The Bertz CT molecular complexity index is 904. The third-order valence-corrected chi connectivity index (χ3v) is 4.83. The molecule has 0 radical (unpaired) electrons. The topological polar surface area (TPSA) is 72.9 Å². The van der Waals surface area contributed by atoms with Crippen LogP contribution in [0.1, 0.15) is 20.7 Å². The predicted octanol–water partition coefficient (Wildman–Crippen LogP) is 3.88. The lowest BCUT2D eigenvalue weighted by Gasteiger charge is -2.25. The highest BCUT2D eigenvalue weighted by Crippen LogP contribution is 2.41. The molecule has 26 heavy (non-hydrogen) atoms. The Morgan fingerprint density at radius 3 is 2.19 bits per heavy atom.